The molecule has 2 heteroatoms. The molecule has 0 aliphatic carbocycles. The Morgan fingerprint density at radius 3 is 1.59 bits per heavy atom. The number of hydrogen-bond donors (Lipinski definition) is 0. The average Bonchev–Trinajstić information content (AvgIpc) is 3.79. The minimum atomic E-state index is 0.856. The Balaban J connectivity index is 1.08. The van der Waals surface area contributed by atoms with Gasteiger partial charge in [-0.3, -0.25) is 0 Å². The topological polar surface area (TPSA) is 16.4 Å². The summed E-state index contributed by atoms with van der Waals surface area (Å²) in [7, 11) is 0. The van der Waals surface area contributed by atoms with Crippen molar-refractivity contribution in [2.75, 3.05) is 4.90 Å². The first-order chi connectivity index (χ1) is 32.7. The lowest BCUT2D eigenvalue weighted by Crippen LogP contribution is -2.12. The van der Waals surface area contributed by atoms with E-state index in [1.807, 2.05) is 0 Å². The highest BCUT2D eigenvalue weighted by Crippen LogP contribution is 2.50. The molecule has 0 radical (unpaired) electrons. The number of hydrogen-bond acceptors (Lipinski definition) is 2. The van der Waals surface area contributed by atoms with Crippen molar-refractivity contribution in [3.63, 3.8) is 0 Å². The van der Waals surface area contributed by atoms with E-state index in [0.29, 0.717) is 0 Å². The van der Waals surface area contributed by atoms with Crippen molar-refractivity contribution in [3.8, 4) is 44.5 Å². The number of anilines is 3. The van der Waals surface area contributed by atoms with E-state index in [1.54, 1.807) is 0 Å². The van der Waals surface area contributed by atoms with Gasteiger partial charge in [0.2, 0.25) is 0 Å². The van der Waals surface area contributed by atoms with Gasteiger partial charge in [0.1, 0.15) is 11.2 Å². The summed E-state index contributed by atoms with van der Waals surface area (Å²) in [5, 5.41) is 12.1. The normalized spacial score (nSPS) is 11.6. The van der Waals surface area contributed by atoms with E-state index >= 15 is 0 Å². The fourth-order valence-electron chi connectivity index (χ4n) is 10.4. The Morgan fingerprint density at radius 1 is 0.273 bits per heavy atom. The second kappa shape index (κ2) is 15.5. The molecule has 13 rings (SSSR count). The van der Waals surface area contributed by atoms with Gasteiger partial charge in [-0.2, -0.15) is 0 Å². The van der Waals surface area contributed by atoms with Crippen LogP contribution in [0.3, 0.4) is 0 Å². The van der Waals surface area contributed by atoms with Crippen LogP contribution >= 0.6 is 0 Å². The number of furan rings is 1. The molecule has 0 spiro atoms. The maximum atomic E-state index is 6.98. The third kappa shape index (κ3) is 6.18. The van der Waals surface area contributed by atoms with Gasteiger partial charge >= 0.3 is 0 Å². The van der Waals surface area contributed by atoms with Crippen LogP contribution in [0.25, 0.3) is 110 Å². The fourth-order valence-corrected chi connectivity index (χ4v) is 10.4. The van der Waals surface area contributed by atoms with Gasteiger partial charge in [0.05, 0.1) is 16.8 Å². The van der Waals surface area contributed by atoms with Crippen LogP contribution in [0.2, 0.25) is 0 Å². The molecule has 13 aromatic rings. The molecule has 1 aromatic heterocycles. The summed E-state index contributed by atoms with van der Waals surface area (Å²) in [5.74, 6) is 0. The third-order valence-corrected chi connectivity index (χ3v) is 13.4. The summed E-state index contributed by atoms with van der Waals surface area (Å²) in [4.78, 5) is 2.46. The number of para-hydroxylation sites is 2. The molecule has 0 saturated heterocycles. The second-order valence-corrected chi connectivity index (χ2v) is 17.2. The highest BCUT2D eigenvalue weighted by molar-refractivity contribution is 6.26. The minimum Gasteiger partial charge on any atom is -0.455 e. The molecular weight excluding hydrogens is 799 g/mol. The molecule has 0 aliphatic heterocycles. The fraction of sp³-hybridized carbons (Fsp3) is 0. The van der Waals surface area contributed by atoms with E-state index in [-0.39, 0.29) is 0 Å². The average molecular weight is 840 g/mol. The molecule has 0 unspecified atom stereocenters. The van der Waals surface area contributed by atoms with Gasteiger partial charge in [-0.15, -0.1) is 0 Å². The Morgan fingerprint density at radius 2 is 0.818 bits per heavy atom. The molecule has 0 saturated carbocycles. The quantitative estimate of drug-likeness (QED) is 0.149. The zero-order chi connectivity index (χ0) is 43.6. The van der Waals surface area contributed by atoms with E-state index in [9.17, 15) is 0 Å². The minimum absolute atomic E-state index is 0.856. The summed E-state index contributed by atoms with van der Waals surface area (Å²) in [5.41, 5.74) is 14.0. The molecule has 308 valence electrons. The predicted octanol–water partition coefficient (Wildman–Crippen LogP) is 18.3. The van der Waals surface area contributed by atoms with Crippen LogP contribution in [0.4, 0.5) is 17.1 Å². The van der Waals surface area contributed by atoms with E-state index in [1.165, 1.54) is 59.8 Å². The molecule has 12 aromatic carbocycles. The molecule has 0 N–H and O–H groups in total. The van der Waals surface area contributed by atoms with E-state index in [4.69, 9.17) is 4.42 Å². The van der Waals surface area contributed by atoms with Gasteiger partial charge in [-0.25, -0.2) is 0 Å². The molecule has 0 fully saturated rings. The van der Waals surface area contributed by atoms with E-state index in [2.05, 4.69) is 254 Å². The first kappa shape index (κ1) is 37.8. The van der Waals surface area contributed by atoms with Gasteiger partial charge in [0.25, 0.3) is 0 Å². The van der Waals surface area contributed by atoms with Crippen LogP contribution in [0.15, 0.2) is 253 Å². The third-order valence-electron chi connectivity index (χ3n) is 13.4. The van der Waals surface area contributed by atoms with Crippen molar-refractivity contribution in [1.29, 1.82) is 0 Å². The zero-order valence-corrected chi connectivity index (χ0v) is 36.0. The number of rotatable bonds is 7. The lowest BCUT2D eigenvalue weighted by atomic mass is 9.91. The molecular formula is C64H41NO. The Bertz CT molecular complexity index is 3980. The number of benzene rings is 12. The molecule has 1 heterocycles. The summed E-state index contributed by atoms with van der Waals surface area (Å²) >= 11 is 0. The Labute approximate surface area is 382 Å². The first-order valence-corrected chi connectivity index (χ1v) is 22.7. The highest BCUT2D eigenvalue weighted by atomic mass is 16.3. The molecule has 0 amide bonds. The van der Waals surface area contributed by atoms with Crippen LogP contribution in [-0.4, -0.2) is 0 Å². The molecule has 2 nitrogen and oxygen atoms in total. The smallest absolute Gasteiger partial charge is 0.145 e. The first-order valence-electron chi connectivity index (χ1n) is 22.7. The Kier molecular flexibility index (Phi) is 8.89. The molecule has 0 atom stereocenters. The van der Waals surface area contributed by atoms with Crippen LogP contribution in [0.5, 0.6) is 0 Å². The monoisotopic (exact) mass is 839 g/mol. The maximum absolute atomic E-state index is 6.98. The summed E-state index contributed by atoms with van der Waals surface area (Å²) in [6.07, 6.45) is 0. The summed E-state index contributed by atoms with van der Waals surface area (Å²) in [6, 6.07) is 90.3. The number of nitrogens with zero attached hydrogens (tertiary/aromatic N) is 1. The molecule has 0 bridgehead atoms. The van der Waals surface area contributed by atoms with E-state index in [0.717, 1.165) is 66.8 Å². The van der Waals surface area contributed by atoms with Crippen LogP contribution in [-0.2, 0) is 0 Å². The van der Waals surface area contributed by atoms with Crippen LogP contribution in [0.1, 0.15) is 0 Å². The predicted molar refractivity (Wildman–Crippen MR) is 280 cm³/mol. The van der Waals surface area contributed by atoms with Crippen LogP contribution in [0, 0.1) is 0 Å². The van der Waals surface area contributed by atoms with Gasteiger partial charge in [-0.1, -0.05) is 200 Å². The van der Waals surface area contributed by atoms with Crippen LogP contribution < -0.4 is 4.90 Å². The van der Waals surface area contributed by atoms with Gasteiger partial charge < -0.3 is 9.32 Å². The summed E-state index contributed by atoms with van der Waals surface area (Å²) in [6.45, 7) is 0. The van der Waals surface area contributed by atoms with Gasteiger partial charge in [0, 0.05) is 22.2 Å². The van der Waals surface area contributed by atoms with Crippen molar-refractivity contribution in [2.24, 2.45) is 0 Å². The lowest BCUT2D eigenvalue weighted by molar-refractivity contribution is 0.670. The number of fused-ring (bicyclic) bond motifs is 10. The van der Waals surface area contributed by atoms with Crippen molar-refractivity contribution in [2.45, 2.75) is 0 Å². The van der Waals surface area contributed by atoms with Gasteiger partial charge in [-0.05, 0) is 125 Å². The highest BCUT2D eigenvalue weighted by Gasteiger charge is 2.25. The van der Waals surface area contributed by atoms with Gasteiger partial charge in [0.15, 0.2) is 0 Å². The zero-order valence-electron chi connectivity index (χ0n) is 36.0. The summed E-state index contributed by atoms with van der Waals surface area (Å²) < 4.78 is 6.98. The van der Waals surface area contributed by atoms with Crippen molar-refractivity contribution in [1.82, 2.24) is 0 Å². The Hall–Kier alpha value is -8.72. The standard InChI is InChI=1S/C64H41NO/c1-2-18-43(19-3-1)49-23-6-7-24-50(49)45-21-16-22-48(40-45)65(61-38-37-52(46-34-33-42-17-4-5-20-44(42)39-46)64-63(61)58-30-13-15-32-62(58)66-64)60-31-14-12-25-51(60)47-35-36-57-55-28-9-8-26-53(55)54-27-10-11-29-56(54)59(57)41-47/h1-41H. The lowest BCUT2D eigenvalue weighted by Gasteiger charge is -2.29. The van der Waals surface area contributed by atoms with E-state index < -0.39 is 0 Å². The molecule has 0 aliphatic rings. The molecule has 66 heavy (non-hydrogen) atoms. The largest absolute Gasteiger partial charge is 0.455 e. The van der Waals surface area contributed by atoms with Crippen molar-refractivity contribution in [3.05, 3.63) is 249 Å². The second-order valence-electron chi connectivity index (χ2n) is 17.2. The SMILES string of the molecule is c1ccc(-c2ccccc2-c2cccc(N(c3ccccc3-c3ccc4c5ccccc5c5ccccc5c4c3)c3ccc(-c4ccc5ccccc5c4)c4oc5ccccc5c34)c2)cc1. The maximum Gasteiger partial charge on any atom is 0.145 e. The van der Waals surface area contributed by atoms with Crippen molar-refractivity contribution < 1.29 is 4.42 Å². The van der Waals surface area contributed by atoms with Crippen molar-refractivity contribution >= 4 is 82.1 Å².